The van der Waals surface area contributed by atoms with Crippen molar-refractivity contribution in [3.8, 4) is 0 Å². The first-order valence-electron chi connectivity index (χ1n) is 8.27. The maximum atomic E-state index is 12.9. The molecular formula is C17H23N3O4S. The van der Waals surface area contributed by atoms with E-state index in [9.17, 15) is 8.42 Å². The van der Waals surface area contributed by atoms with E-state index >= 15 is 0 Å². The lowest BCUT2D eigenvalue weighted by Crippen LogP contribution is -2.43. The number of ether oxygens (including phenoxy) is 1. The normalized spacial score (nSPS) is 17.5. The second-order valence-electron chi connectivity index (χ2n) is 6.15. The van der Waals surface area contributed by atoms with Crippen LogP contribution in [0, 0.1) is 13.8 Å². The molecule has 8 heteroatoms. The largest absolute Gasteiger partial charge is 0.379 e. The third-order valence-electron chi connectivity index (χ3n) is 4.28. The third-order valence-corrected chi connectivity index (χ3v) is 6.00. The van der Waals surface area contributed by atoms with Crippen LogP contribution in [0.15, 0.2) is 39.8 Å². The van der Waals surface area contributed by atoms with Gasteiger partial charge in [-0.1, -0.05) is 35.5 Å². The lowest BCUT2D eigenvalue weighted by atomic mass is 10.1. The summed E-state index contributed by atoms with van der Waals surface area (Å²) in [6.45, 7) is 6.72. The molecular weight excluding hydrogens is 342 g/mol. The van der Waals surface area contributed by atoms with Crippen LogP contribution in [-0.4, -0.2) is 51.3 Å². The summed E-state index contributed by atoms with van der Waals surface area (Å²) in [4.78, 5) is 2.33. The Morgan fingerprint density at radius 2 is 1.88 bits per heavy atom. The number of sulfonamides is 1. The number of aromatic nitrogens is 1. The Hall–Kier alpha value is -1.74. The molecule has 2 heterocycles. The first-order valence-corrected chi connectivity index (χ1v) is 9.76. The van der Waals surface area contributed by atoms with E-state index in [4.69, 9.17) is 9.26 Å². The van der Waals surface area contributed by atoms with Crippen LogP contribution in [0.2, 0.25) is 0 Å². The molecule has 0 bridgehead atoms. The fourth-order valence-electron chi connectivity index (χ4n) is 3.04. The van der Waals surface area contributed by atoms with E-state index in [1.54, 1.807) is 13.8 Å². The van der Waals surface area contributed by atoms with Crippen LogP contribution < -0.4 is 4.72 Å². The predicted molar refractivity (Wildman–Crippen MR) is 92.7 cm³/mol. The minimum Gasteiger partial charge on any atom is -0.379 e. The molecule has 1 unspecified atom stereocenters. The van der Waals surface area contributed by atoms with Crippen molar-refractivity contribution in [3.05, 3.63) is 47.3 Å². The highest BCUT2D eigenvalue weighted by molar-refractivity contribution is 7.89. The molecule has 1 fully saturated rings. The van der Waals surface area contributed by atoms with E-state index in [-0.39, 0.29) is 10.9 Å². The Morgan fingerprint density at radius 1 is 1.20 bits per heavy atom. The third kappa shape index (κ3) is 4.27. The van der Waals surface area contributed by atoms with Crippen molar-refractivity contribution >= 4 is 10.0 Å². The number of hydrogen-bond donors (Lipinski definition) is 1. The fraction of sp³-hybridized carbons (Fsp3) is 0.471. The van der Waals surface area contributed by atoms with Gasteiger partial charge in [0.25, 0.3) is 0 Å². The van der Waals surface area contributed by atoms with Crippen molar-refractivity contribution in [2.45, 2.75) is 24.8 Å². The van der Waals surface area contributed by atoms with Gasteiger partial charge in [0.05, 0.1) is 19.3 Å². The van der Waals surface area contributed by atoms with Crippen LogP contribution in [0.5, 0.6) is 0 Å². The highest BCUT2D eigenvalue weighted by atomic mass is 32.2. The Morgan fingerprint density at radius 3 is 2.48 bits per heavy atom. The summed E-state index contributed by atoms with van der Waals surface area (Å²) < 4.78 is 39.0. The summed E-state index contributed by atoms with van der Waals surface area (Å²) in [5.41, 5.74) is 1.28. The summed E-state index contributed by atoms with van der Waals surface area (Å²) in [5.74, 6) is 0.295. The predicted octanol–water partition coefficient (Wildman–Crippen LogP) is 1.64. The molecule has 2 aromatic rings. The van der Waals surface area contributed by atoms with E-state index < -0.39 is 10.0 Å². The van der Waals surface area contributed by atoms with Crippen LogP contribution in [0.4, 0.5) is 0 Å². The number of benzene rings is 1. The maximum absolute atomic E-state index is 12.9. The van der Waals surface area contributed by atoms with Crippen LogP contribution >= 0.6 is 0 Å². The first kappa shape index (κ1) is 18.1. The number of nitrogens with zero attached hydrogens (tertiary/aromatic N) is 2. The van der Waals surface area contributed by atoms with Gasteiger partial charge in [-0.25, -0.2) is 13.1 Å². The van der Waals surface area contributed by atoms with Crippen molar-refractivity contribution in [3.63, 3.8) is 0 Å². The smallest absolute Gasteiger partial charge is 0.246 e. The van der Waals surface area contributed by atoms with Crippen LogP contribution in [0.3, 0.4) is 0 Å². The number of nitrogens with one attached hydrogen (secondary N) is 1. The van der Waals surface area contributed by atoms with Gasteiger partial charge in [0, 0.05) is 19.6 Å². The highest BCUT2D eigenvalue weighted by Gasteiger charge is 2.29. The number of rotatable bonds is 6. The average molecular weight is 365 g/mol. The van der Waals surface area contributed by atoms with Gasteiger partial charge in [-0.15, -0.1) is 0 Å². The number of hydrogen-bond acceptors (Lipinski definition) is 6. The number of aryl methyl sites for hydroxylation is 2. The van der Waals surface area contributed by atoms with Crippen LogP contribution in [-0.2, 0) is 14.8 Å². The zero-order chi connectivity index (χ0) is 17.9. The van der Waals surface area contributed by atoms with E-state index in [1.165, 1.54) is 0 Å². The molecule has 1 atom stereocenters. The van der Waals surface area contributed by atoms with Gasteiger partial charge in [0.2, 0.25) is 10.0 Å². The molecule has 1 saturated heterocycles. The highest BCUT2D eigenvalue weighted by Crippen LogP contribution is 2.23. The lowest BCUT2D eigenvalue weighted by molar-refractivity contribution is 0.0345. The standard InChI is InChI=1S/C17H23N3O4S/c1-13-17(14(2)24-18-13)25(21,22)19-16(15-6-4-3-5-7-15)12-20-8-10-23-11-9-20/h3-7,16,19H,8-12H2,1-2H3. The minimum absolute atomic E-state index is 0.121. The zero-order valence-corrected chi connectivity index (χ0v) is 15.3. The van der Waals surface area contributed by atoms with Crippen molar-refractivity contribution in [1.82, 2.24) is 14.8 Å². The molecule has 0 aliphatic carbocycles. The molecule has 3 rings (SSSR count). The summed E-state index contributed by atoms with van der Waals surface area (Å²) in [6, 6.07) is 9.23. The fourth-order valence-corrected chi connectivity index (χ4v) is 4.59. The summed E-state index contributed by atoms with van der Waals surface area (Å²) >= 11 is 0. The van der Waals surface area contributed by atoms with E-state index in [2.05, 4.69) is 14.8 Å². The Balaban J connectivity index is 1.86. The minimum atomic E-state index is -3.74. The average Bonchev–Trinajstić information content (AvgIpc) is 2.95. The molecule has 25 heavy (non-hydrogen) atoms. The SMILES string of the molecule is Cc1noc(C)c1S(=O)(=O)NC(CN1CCOCC1)c1ccccc1. The van der Waals surface area contributed by atoms with Crippen LogP contribution in [0.1, 0.15) is 23.1 Å². The van der Waals surface area contributed by atoms with E-state index in [1.807, 2.05) is 30.3 Å². The molecule has 0 radical (unpaired) electrons. The van der Waals surface area contributed by atoms with Gasteiger partial charge in [0.15, 0.2) is 5.76 Å². The molecule has 136 valence electrons. The van der Waals surface area contributed by atoms with E-state index in [0.717, 1.165) is 18.7 Å². The van der Waals surface area contributed by atoms with Crippen molar-refractivity contribution in [2.24, 2.45) is 0 Å². The van der Waals surface area contributed by atoms with Gasteiger partial charge < -0.3 is 9.26 Å². The van der Waals surface area contributed by atoms with Gasteiger partial charge in [0.1, 0.15) is 10.6 Å². The van der Waals surface area contributed by atoms with Gasteiger partial charge >= 0.3 is 0 Å². The topological polar surface area (TPSA) is 84.7 Å². The molecule has 0 saturated carbocycles. The van der Waals surface area contributed by atoms with Gasteiger partial charge in [-0.05, 0) is 19.4 Å². The molecule has 1 aromatic heterocycles. The first-order chi connectivity index (χ1) is 12.0. The van der Waals surface area contributed by atoms with Gasteiger partial charge in [-0.2, -0.15) is 0 Å². The molecule has 0 amide bonds. The van der Waals surface area contributed by atoms with E-state index in [0.29, 0.717) is 31.2 Å². The van der Waals surface area contributed by atoms with Crippen molar-refractivity contribution < 1.29 is 17.7 Å². The summed E-state index contributed by atoms with van der Waals surface area (Å²) in [7, 11) is -3.74. The second kappa shape index (κ2) is 7.65. The quantitative estimate of drug-likeness (QED) is 0.838. The summed E-state index contributed by atoms with van der Waals surface area (Å²) in [5, 5.41) is 3.76. The Kier molecular flexibility index (Phi) is 5.53. The molecule has 1 aliphatic heterocycles. The molecule has 0 spiro atoms. The lowest BCUT2D eigenvalue weighted by Gasteiger charge is -2.31. The summed E-state index contributed by atoms with van der Waals surface area (Å²) in [6.07, 6.45) is 0. The second-order valence-corrected chi connectivity index (χ2v) is 7.80. The van der Waals surface area contributed by atoms with Crippen LogP contribution in [0.25, 0.3) is 0 Å². The zero-order valence-electron chi connectivity index (χ0n) is 14.4. The van der Waals surface area contributed by atoms with Crippen molar-refractivity contribution in [2.75, 3.05) is 32.8 Å². The molecule has 1 N–H and O–H groups in total. The molecule has 1 aromatic carbocycles. The molecule has 7 nitrogen and oxygen atoms in total. The number of morpholine rings is 1. The monoisotopic (exact) mass is 365 g/mol. The molecule has 1 aliphatic rings. The Bertz CT molecular complexity index is 779. The van der Waals surface area contributed by atoms with Crippen molar-refractivity contribution in [1.29, 1.82) is 0 Å². The van der Waals surface area contributed by atoms with Gasteiger partial charge in [-0.3, -0.25) is 4.90 Å². The maximum Gasteiger partial charge on any atom is 0.246 e. The Labute approximate surface area is 148 Å².